The van der Waals surface area contributed by atoms with Crippen molar-refractivity contribution in [2.45, 2.75) is 0 Å². The molecule has 0 saturated carbocycles. The van der Waals surface area contributed by atoms with Gasteiger partial charge in [0.15, 0.2) is 0 Å². The maximum absolute atomic E-state index is 0. The van der Waals surface area contributed by atoms with Gasteiger partial charge in [-0.15, -0.1) is 12.4 Å². The number of hydrogen-bond acceptors (Lipinski definition) is 1. The summed E-state index contributed by atoms with van der Waals surface area (Å²) in [5.41, 5.74) is 0. The Labute approximate surface area is 44.0 Å². The summed E-state index contributed by atoms with van der Waals surface area (Å²) >= 11 is 0. The first kappa shape index (κ1) is 102. The monoisotopic (exact) mass is 173 g/mol. The van der Waals surface area contributed by atoms with Crippen LogP contribution in [0.1, 0.15) is 0 Å². The second-order valence-corrected chi connectivity index (χ2v) is 0. The van der Waals surface area contributed by atoms with E-state index in [1.807, 2.05) is 0 Å². The Bertz CT molecular complexity index is 8.00. The predicted octanol–water partition coefficient (Wildman–Crippen LogP) is -0.243. The molecule has 0 aliphatic heterocycles. The van der Waals surface area contributed by atoms with E-state index in [-0.39, 0.29) is 43.5 Å². The zero-order chi connectivity index (χ0) is 0. The Kier molecular flexibility index (Phi) is 1130. The molecule has 0 spiro atoms. The van der Waals surface area contributed by atoms with Gasteiger partial charge in [0.2, 0.25) is 0 Å². The fraction of sp³-hybridized carbons (Fsp3) is 0. The van der Waals surface area contributed by atoms with Gasteiger partial charge in [-0.05, 0) is 0 Å². The third-order valence-corrected chi connectivity index (χ3v) is 0. The molecular formula is H6ClNORu. The number of rotatable bonds is 0. The quantitative estimate of drug-likeness (QED) is 0.504. The van der Waals surface area contributed by atoms with E-state index in [0.717, 1.165) is 0 Å². The average Bonchev–Trinajstić information content (AvgIpc) is 0. The van der Waals surface area contributed by atoms with Crippen molar-refractivity contribution in [3.8, 4) is 0 Å². The molecule has 0 aromatic carbocycles. The van der Waals surface area contributed by atoms with Gasteiger partial charge >= 0.3 is 0 Å². The number of halogens is 1. The van der Waals surface area contributed by atoms with Crippen molar-refractivity contribution in [2.24, 2.45) is 0 Å². The van der Waals surface area contributed by atoms with Crippen molar-refractivity contribution < 1.29 is 25.0 Å². The van der Waals surface area contributed by atoms with E-state index in [2.05, 4.69) is 0 Å². The summed E-state index contributed by atoms with van der Waals surface area (Å²) in [4.78, 5) is 0. The summed E-state index contributed by atoms with van der Waals surface area (Å²) < 4.78 is 0. The van der Waals surface area contributed by atoms with Crippen molar-refractivity contribution in [1.82, 2.24) is 6.15 Å². The largest absolute Gasteiger partial charge is 0.412 e. The summed E-state index contributed by atoms with van der Waals surface area (Å²) in [6.07, 6.45) is 0. The minimum Gasteiger partial charge on any atom is -0.412 e. The van der Waals surface area contributed by atoms with Crippen molar-refractivity contribution >= 4 is 12.4 Å². The van der Waals surface area contributed by atoms with Crippen LogP contribution in [0.2, 0.25) is 0 Å². The Morgan fingerprint density at radius 3 is 1.00 bits per heavy atom. The van der Waals surface area contributed by atoms with E-state index in [1.54, 1.807) is 0 Å². The summed E-state index contributed by atoms with van der Waals surface area (Å²) in [6.45, 7) is 0. The fourth-order valence-corrected chi connectivity index (χ4v) is 0. The van der Waals surface area contributed by atoms with Crippen LogP contribution in [-0.4, -0.2) is 5.48 Å². The molecule has 32 valence electrons. The van der Waals surface area contributed by atoms with Gasteiger partial charge in [-0.1, -0.05) is 0 Å². The molecule has 0 radical (unpaired) electrons. The summed E-state index contributed by atoms with van der Waals surface area (Å²) in [7, 11) is 0. The van der Waals surface area contributed by atoms with Gasteiger partial charge in [-0.3, -0.25) is 0 Å². The van der Waals surface area contributed by atoms with Gasteiger partial charge in [0.1, 0.15) is 0 Å². The van der Waals surface area contributed by atoms with E-state index in [0.29, 0.717) is 0 Å². The smallest absolute Gasteiger partial charge is 0 e. The number of hydrogen-bond donors (Lipinski definition) is 1. The van der Waals surface area contributed by atoms with Crippen LogP contribution in [0.25, 0.3) is 0 Å². The van der Waals surface area contributed by atoms with Crippen LogP contribution in [-0.2, 0) is 19.5 Å². The minimum atomic E-state index is 0. The molecule has 2 nitrogen and oxygen atoms in total. The first-order chi connectivity index (χ1) is 0. The van der Waals surface area contributed by atoms with Gasteiger partial charge in [0.25, 0.3) is 0 Å². The summed E-state index contributed by atoms with van der Waals surface area (Å²) in [5, 5.41) is 0. The Balaban J connectivity index is 0. The Morgan fingerprint density at radius 1 is 1.00 bits per heavy atom. The van der Waals surface area contributed by atoms with Crippen molar-refractivity contribution in [1.29, 1.82) is 0 Å². The molecule has 0 rings (SSSR count). The van der Waals surface area contributed by atoms with E-state index in [1.165, 1.54) is 0 Å². The van der Waals surface area contributed by atoms with E-state index in [4.69, 9.17) is 0 Å². The third kappa shape index (κ3) is 13.7. The zero-order valence-electron chi connectivity index (χ0n) is 1.97. The Hall–Kier alpha value is 0.833. The molecule has 0 saturated heterocycles. The normalized spacial score (nSPS) is 0. The average molecular weight is 173 g/mol. The van der Waals surface area contributed by atoms with Crippen LogP contribution >= 0.6 is 12.4 Å². The molecular weight excluding hydrogens is 167 g/mol. The first-order valence-corrected chi connectivity index (χ1v) is 0. The molecule has 0 unspecified atom stereocenters. The van der Waals surface area contributed by atoms with Gasteiger partial charge in [-0.25, -0.2) is 0 Å². The van der Waals surface area contributed by atoms with Gasteiger partial charge in [0.05, 0.1) is 0 Å². The molecule has 0 aliphatic rings. The Morgan fingerprint density at radius 2 is 1.00 bits per heavy atom. The second-order valence-electron chi connectivity index (χ2n) is 0. The first-order valence-electron chi connectivity index (χ1n) is 0. The molecule has 0 bridgehead atoms. The van der Waals surface area contributed by atoms with Gasteiger partial charge in [-0.2, -0.15) is 0 Å². The predicted molar refractivity (Wildman–Crippen MR) is 15.9 cm³/mol. The van der Waals surface area contributed by atoms with Crippen LogP contribution in [0, 0.1) is 0 Å². The second kappa shape index (κ2) is 44.3. The molecule has 0 fully saturated rings. The van der Waals surface area contributed by atoms with Crippen LogP contribution in [0.5, 0.6) is 0 Å². The van der Waals surface area contributed by atoms with Crippen LogP contribution in [0.3, 0.4) is 0 Å². The van der Waals surface area contributed by atoms with Gasteiger partial charge in [0, 0.05) is 19.5 Å². The van der Waals surface area contributed by atoms with Crippen LogP contribution in [0.4, 0.5) is 0 Å². The third-order valence-electron chi connectivity index (χ3n) is 0. The molecule has 0 amide bonds. The molecule has 0 aromatic heterocycles. The molecule has 0 aromatic rings. The summed E-state index contributed by atoms with van der Waals surface area (Å²) in [5.74, 6) is 0. The van der Waals surface area contributed by atoms with Crippen molar-refractivity contribution in [3.63, 3.8) is 0 Å². The van der Waals surface area contributed by atoms with Crippen LogP contribution < -0.4 is 6.15 Å². The van der Waals surface area contributed by atoms with Crippen molar-refractivity contribution in [3.05, 3.63) is 0 Å². The molecule has 4 heteroatoms. The van der Waals surface area contributed by atoms with Crippen LogP contribution in [0.15, 0.2) is 0 Å². The van der Waals surface area contributed by atoms with Gasteiger partial charge < -0.3 is 11.6 Å². The van der Waals surface area contributed by atoms with E-state index in [9.17, 15) is 0 Å². The fourth-order valence-electron chi connectivity index (χ4n) is 0. The minimum absolute atomic E-state index is 0. The van der Waals surface area contributed by atoms with E-state index >= 15 is 0 Å². The SMILES string of the molecule is Cl.N.O.[Ru]. The van der Waals surface area contributed by atoms with Crippen molar-refractivity contribution in [2.75, 3.05) is 0 Å². The molecule has 0 heterocycles. The zero-order valence-corrected chi connectivity index (χ0v) is 4.52. The molecule has 5 N–H and O–H groups in total. The molecule has 4 heavy (non-hydrogen) atoms. The maximum Gasteiger partial charge on any atom is 0 e. The standard InChI is InChI=1S/ClH.H3N.H2O.Ru/h1H;1H3;1H2;. The summed E-state index contributed by atoms with van der Waals surface area (Å²) in [6, 6.07) is 0. The van der Waals surface area contributed by atoms with E-state index < -0.39 is 0 Å². The molecule has 0 atom stereocenters. The topological polar surface area (TPSA) is 66.5 Å². The molecule has 0 aliphatic carbocycles. The maximum atomic E-state index is 0.